The maximum absolute atomic E-state index is 12.7. The zero-order chi connectivity index (χ0) is 20.3. The standard InChI is InChI=1S/C18H16F3N3O4/c1-2-27-15-9-22-8-7-12(15)10-23-11-16(25)24(17(23)26)13-3-5-14(6-4-13)28-18(19,20)21/h3-9H,2,10-11H2,1H3. The molecular weight excluding hydrogens is 379 g/mol. The number of imide groups is 1. The van der Waals surface area contributed by atoms with Crippen LogP contribution >= 0.6 is 0 Å². The molecule has 0 bridgehead atoms. The molecule has 2 heterocycles. The molecular formula is C18H16F3N3O4. The van der Waals surface area contributed by atoms with Crippen molar-refractivity contribution in [1.82, 2.24) is 9.88 Å². The van der Waals surface area contributed by atoms with E-state index in [1.165, 1.54) is 23.2 Å². The number of benzene rings is 1. The summed E-state index contributed by atoms with van der Waals surface area (Å²) < 4.78 is 46.0. The van der Waals surface area contributed by atoms with Crippen molar-refractivity contribution in [3.05, 3.63) is 48.3 Å². The average molecular weight is 395 g/mol. The van der Waals surface area contributed by atoms with Crippen LogP contribution in [-0.4, -0.2) is 41.3 Å². The average Bonchev–Trinajstić information content (AvgIpc) is 2.90. The Labute approximate surface area is 158 Å². The number of carbonyl (C=O) groups excluding carboxylic acids is 2. The minimum atomic E-state index is -4.82. The van der Waals surface area contributed by atoms with Crippen molar-refractivity contribution in [2.45, 2.75) is 19.8 Å². The Hall–Kier alpha value is -3.30. The summed E-state index contributed by atoms with van der Waals surface area (Å²) >= 11 is 0. The lowest BCUT2D eigenvalue weighted by Crippen LogP contribution is -2.32. The van der Waals surface area contributed by atoms with Crippen LogP contribution in [0.25, 0.3) is 0 Å². The second kappa shape index (κ2) is 7.75. The third-order valence-corrected chi connectivity index (χ3v) is 3.90. The van der Waals surface area contributed by atoms with Gasteiger partial charge < -0.3 is 14.4 Å². The van der Waals surface area contributed by atoms with Crippen LogP contribution in [0.2, 0.25) is 0 Å². The monoisotopic (exact) mass is 395 g/mol. The van der Waals surface area contributed by atoms with Gasteiger partial charge in [-0.2, -0.15) is 0 Å². The molecule has 10 heteroatoms. The lowest BCUT2D eigenvalue weighted by Gasteiger charge is -2.19. The number of pyridine rings is 1. The molecule has 1 aliphatic rings. The second-order valence-corrected chi connectivity index (χ2v) is 5.83. The van der Waals surface area contributed by atoms with E-state index in [-0.39, 0.29) is 18.8 Å². The molecule has 1 aliphatic heterocycles. The van der Waals surface area contributed by atoms with Gasteiger partial charge in [-0.3, -0.25) is 9.78 Å². The van der Waals surface area contributed by atoms with Crippen molar-refractivity contribution >= 4 is 17.6 Å². The number of ether oxygens (including phenoxy) is 2. The van der Waals surface area contributed by atoms with Gasteiger partial charge in [0.2, 0.25) is 0 Å². The fourth-order valence-corrected chi connectivity index (χ4v) is 2.76. The first kappa shape index (κ1) is 19.5. The number of halogens is 3. The number of amides is 3. The molecule has 0 spiro atoms. The highest BCUT2D eigenvalue weighted by Crippen LogP contribution is 2.28. The summed E-state index contributed by atoms with van der Waals surface area (Å²) in [4.78, 5) is 31.2. The zero-order valence-electron chi connectivity index (χ0n) is 14.8. The quantitative estimate of drug-likeness (QED) is 0.702. The Morgan fingerprint density at radius 1 is 1.14 bits per heavy atom. The minimum Gasteiger partial charge on any atom is -0.492 e. The van der Waals surface area contributed by atoms with E-state index in [4.69, 9.17) is 4.74 Å². The molecule has 0 atom stereocenters. The van der Waals surface area contributed by atoms with Crippen LogP contribution in [0.1, 0.15) is 12.5 Å². The molecule has 0 N–H and O–H groups in total. The maximum Gasteiger partial charge on any atom is 0.573 e. The van der Waals surface area contributed by atoms with Crippen LogP contribution in [0.3, 0.4) is 0 Å². The SMILES string of the molecule is CCOc1cnccc1CN1CC(=O)N(c2ccc(OC(F)(F)F)cc2)C1=O. The molecule has 1 fully saturated rings. The van der Waals surface area contributed by atoms with E-state index in [2.05, 4.69) is 9.72 Å². The van der Waals surface area contributed by atoms with Gasteiger partial charge in [-0.15, -0.1) is 13.2 Å². The summed E-state index contributed by atoms with van der Waals surface area (Å²) in [6.45, 7) is 2.21. The molecule has 1 saturated heterocycles. The van der Waals surface area contributed by atoms with E-state index >= 15 is 0 Å². The van der Waals surface area contributed by atoms with E-state index in [0.717, 1.165) is 17.0 Å². The van der Waals surface area contributed by atoms with Gasteiger partial charge in [0.1, 0.15) is 18.0 Å². The lowest BCUT2D eigenvalue weighted by molar-refractivity contribution is -0.274. The highest BCUT2D eigenvalue weighted by atomic mass is 19.4. The molecule has 7 nitrogen and oxygen atoms in total. The number of aromatic nitrogens is 1. The van der Waals surface area contributed by atoms with Gasteiger partial charge >= 0.3 is 12.4 Å². The fourth-order valence-electron chi connectivity index (χ4n) is 2.76. The second-order valence-electron chi connectivity index (χ2n) is 5.83. The molecule has 0 unspecified atom stereocenters. The summed E-state index contributed by atoms with van der Waals surface area (Å²) in [6.07, 6.45) is -1.74. The van der Waals surface area contributed by atoms with E-state index in [0.29, 0.717) is 17.9 Å². The molecule has 3 rings (SSSR count). The molecule has 1 aromatic carbocycles. The van der Waals surface area contributed by atoms with E-state index in [9.17, 15) is 22.8 Å². The molecule has 2 aromatic rings. The fraction of sp³-hybridized carbons (Fsp3) is 0.278. The van der Waals surface area contributed by atoms with Crippen LogP contribution in [0, 0.1) is 0 Å². The normalized spacial score (nSPS) is 14.6. The summed E-state index contributed by atoms with van der Waals surface area (Å²) in [6, 6.07) is 5.64. The van der Waals surface area contributed by atoms with Gasteiger partial charge in [-0.1, -0.05) is 0 Å². The number of hydrogen-bond donors (Lipinski definition) is 0. The number of urea groups is 1. The molecule has 0 radical (unpaired) electrons. The van der Waals surface area contributed by atoms with Gasteiger partial charge in [0.15, 0.2) is 0 Å². The van der Waals surface area contributed by atoms with E-state index in [1.807, 2.05) is 6.92 Å². The molecule has 0 saturated carbocycles. The predicted molar refractivity (Wildman–Crippen MR) is 91.8 cm³/mol. The first-order valence-electron chi connectivity index (χ1n) is 8.32. The van der Waals surface area contributed by atoms with Gasteiger partial charge in [-0.25, -0.2) is 9.69 Å². The summed E-state index contributed by atoms with van der Waals surface area (Å²) in [5.74, 6) is -0.413. The number of anilines is 1. The van der Waals surface area contributed by atoms with Crippen molar-refractivity contribution in [1.29, 1.82) is 0 Å². The first-order valence-corrected chi connectivity index (χ1v) is 8.32. The Kier molecular flexibility index (Phi) is 5.39. The first-order chi connectivity index (χ1) is 13.3. The number of nitrogens with zero attached hydrogens (tertiary/aromatic N) is 3. The van der Waals surface area contributed by atoms with Gasteiger partial charge in [-0.05, 0) is 37.3 Å². The van der Waals surface area contributed by atoms with Crippen LogP contribution in [0.4, 0.5) is 23.7 Å². The van der Waals surface area contributed by atoms with Crippen LogP contribution < -0.4 is 14.4 Å². The van der Waals surface area contributed by atoms with Crippen molar-refractivity contribution in [3.8, 4) is 11.5 Å². The number of hydrogen-bond acceptors (Lipinski definition) is 5. The lowest BCUT2D eigenvalue weighted by atomic mass is 10.2. The smallest absolute Gasteiger partial charge is 0.492 e. The van der Waals surface area contributed by atoms with Crippen LogP contribution in [0.15, 0.2) is 42.7 Å². The predicted octanol–water partition coefficient (Wildman–Crippen LogP) is 3.35. The number of rotatable bonds is 6. The summed E-state index contributed by atoms with van der Waals surface area (Å²) in [5, 5.41) is 0. The van der Waals surface area contributed by atoms with Crippen molar-refractivity contribution in [3.63, 3.8) is 0 Å². The van der Waals surface area contributed by atoms with Crippen molar-refractivity contribution in [2.75, 3.05) is 18.1 Å². The molecule has 1 aromatic heterocycles. The highest BCUT2D eigenvalue weighted by Gasteiger charge is 2.37. The number of alkyl halides is 3. The molecule has 28 heavy (non-hydrogen) atoms. The van der Waals surface area contributed by atoms with E-state index < -0.39 is 24.1 Å². The van der Waals surface area contributed by atoms with Crippen molar-refractivity contribution in [2.24, 2.45) is 0 Å². The Morgan fingerprint density at radius 3 is 2.50 bits per heavy atom. The third-order valence-electron chi connectivity index (χ3n) is 3.90. The Balaban J connectivity index is 1.75. The van der Waals surface area contributed by atoms with Crippen LogP contribution in [0.5, 0.6) is 11.5 Å². The van der Waals surface area contributed by atoms with Crippen LogP contribution in [-0.2, 0) is 11.3 Å². The topological polar surface area (TPSA) is 72.0 Å². The van der Waals surface area contributed by atoms with Gasteiger partial charge in [0, 0.05) is 11.8 Å². The minimum absolute atomic E-state index is 0.133. The molecule has 148 valence electrons. The Bertz CT molecular complexity index is 871. The largest absolute Gasteiger partial charge is 0.573 e. The third kappa shape index (κ3) is 4.33. The number of carbonyl (C=O) groups is 2. The van der Waals surface area contributed by atoms with Gasteiger partial charge in [0.05, 0.1) is 25.0 Å². The zero-order valence-corrected chi connectivity index (χ0v) is 14.8. The maximum atomic E-state index is 12.7. The Morgan fingerprint density at radius 2 is 1.86 bits per heavy atom. The van der Waals surface area contributed by atoms with Crippen molar-refractivity contribution < 1.29 is 32.2 Å². The summed E-state index contributed by atoms with van der Waals surface area (Å²) in [7, 11) is 0. The van der Waals surface area contributed by atoms with Gasteiger partial charge in [0.25, 0.3) is 5.91 Å². The highest BCUT2D eigenvalue weighted by molar-refractivity contribution is 6.19. The molecule has 0 aliphatic carbocycles. The molecule has 3 amide bonds. The van der Waals surface area contributed by atoms with E-state index in [1.54, 1.807) is 12.3 Å². The summed E-state index contributed by atoms with van der Waals surface area (Å²) in [5.41, 5.74) is 0.848.